The number of alkyl halides is 1. The molecule has 1 aromatic rings. The van der Waals surface area contributed by atoms with Gasteiger partial charge in [-0.15, -0.1) is 0 Å². The van der Waals surface area contributed by atoms with Crippen LogP contribution < -0.4 is 10.1 Å². The van der Waals surface area contributed by atoms with Gasteiger partial charge >= 0.3 is 150 Å². The minimum atomic E-state index is -0.811. The zero-order valence-corrected chi connectivity index (χ0v) is 24.6. The average Bonchev–Trinajstić information content (AvgIpc) is 2.83. The number of rotatable bonds is 14. The van der Waals surface area contributed by atoms with Crippen molar-refractivity contribution in [3.05, 3.63) is 23.8 Å². The maximum absolute atomic E-state index is 12.1. The van der Waals surface area contributed by atoms with E-state index in [0.29, 0.717) is 19.2 Å². The van der Waals surface area contributed by atoms with E-state index in [-0.39, 0.29) is 11.9 Å². The van der Waals surface area contributed by atoms with Crippen LogP contribution in [0.2, 0.25) is 0 Å². The van der Waals surface area contributed by atoms with Crippen molar-refractivity contribution in [1.29, 1.82) is 0 Å². The van der Waals surface area contributed by atoms with Gasteiger partial charge in [-0.25, -0.2) is 4.79 Å². The van der Waals surface area contributed by atoms with Gasteiger partial charge in [-0.2, -0.15) is 0 Å². The standard InChI is InChI=1S/C26H44IN3O5/c1-7-9-12-27-35-24(31)19-30-14-13-29(18-20(30)3)15-16-34-23-11-10-22(17-21(23)8-2)28-26(4,5)25(32)33-6/h10-11,17,20,27-28H,7-9,12-16,18-19H2,1-6H3. The molecule has 0 aromatic heterocycles. The first-order chi connectivity index (χ1) is 16.7. The molecule has 1 unspecified atom stereocenters. The number of hydrogen-bond acceptors (Lipinski definition) is 8. The van der Waals surface area contributed by atoms with Crippen LogP contribution in [0.4, 0.5) is 5.69 Å². The van der Waals surface area contributed by atoms with Gasteiger partial charge in [0.2, 0.25) is 0 Å². The van der Waals surface area contributed by atoms with Gasteiger partial charge in [0.1, 0.15) is 5.54 Å². The van der Waals surface area contributed by atoms with Crippen LogP contribution in [0.3, 0.4) is 0 Å². The molecular weight excluding hydrogens is 561 g/mol. The molecule has 200 valence electrons. The fraction of sp³-hybridized carbons (Fsp3) is 0.692. The van der Waals surface area contributed by atoms with Crippen LogP contribution in [0, 0.1) is 0 Å². The number of ether oxygens (including phenoxy) is 2. The van der Waals surface area contributed by atoms with E-state index in [1.54, 1.807) is 13.8 Å². The molecule has 1 aromatic carbocycles. The number of anilines is 1. The summed E-state index contributed by atoms with van der Waals surface area (Å²) in [6.07, 6.45) is 3.14. The molecule has 9 heteroatoms. The zero-order valence-electron chi connectivity index (χ0n) is 22.2. The third-order valence-electron chi connectivity index (χ3n) is 6.17. The Morgan fingerprint density at radius 1 is 1.23 bits per heavy atom. The Kier molecular flexibility index (Phi) is 12.6. The Morgan fingerprint density at radius 2 is 2.00 bits per heavy atom. The van der Waals surface area contributed by atoms with Crippen molar-refractivity contribution in [2.45, 2.75) is 65.5 Å². The van der Waals surface area contributed by atoms with Gasteiger partial charge in [0.05, 0.1) is 7.11 Å². The summed E-state index contributed by atoms with van der Waals surface area (Å²) < 4.78 is 17.6. The number of methoxy groups -OCH3 is 1. The van der Waals surface area contributed by atoms with Crippen molar-refractivity contribution in [2.75, 3.05) is 56.2 Å². The number of esters is 1. The van der Waals surface area contributed by atoms with Crippen LogP contribution in [-0.2, 0) is 23.8 Å². The SMILES string of the molecule is CCCC[IH]OC(=O)CN1CCN(CCOc2ccc(NC(C)(C)C(=O)OC)cc2CC)CC1C. The predicted molar refractivity (Wildman–Crippen MR) is 150 cm³/mol. The molecule has 1 N–H and O–H groups in total. The predicted octanol–water partition coefficient (Wildman–Crippen LogP) is 3.96. The topological polar surface area (TPSA) is 80.3 Å². The molecule has 35 heavy (non-hydrogen) atoms. The summed E-state index contributed by atoms with van der Waals surface area (Å²) in [4.78, 5) is 28.7. The van der Waals surface area contributed by atoms with E-state index in [1.807, 2.05) is 18.2 Å². The van der Waals surface area contributed by atoms with Crippen LogP contribution in [0.5, 0.6) is 5.75 Å². The molecule has 1 aliphatic heterocycles. The number of piperazine rings is 1. The summed E-state index contributed by atoms with van der Waals surface area (Å²) >= 11 is -0.629. The van der Waals surface area contributed by atoms with E-state index in [4.69, 9.17) is 12.5 Å². The summed E-state index contributed by atoms with van der Waals surface area (Å²) in [7, 11) is 1.39. The Hall–Kier alpha value is -1.59. The second-order valence-electron chi connectivity index (χ2n) is 9.52. The quantitative estimate of drug-likeness (QED) is 0.148. The van der Waals surface area contributed by atoms with Crippen molar-refractivity contribution >= 4 is 39.2 Å². The van der Waals surface area contributed by atoms with E-state index in [9.17, 15) is 9.59 Å². The molecule has 0 amide bonds. The first-order valence-corrected chi connectivity index (χ1v) is 15.2. The van der Waals surface area contributed by atoms with Crippen LogP contribution in [0.15, 0.2) is 18.2 Å². The van der Waals surface area contributed by atoms with Gasteiger partial charge in [0.25, 0.3) is 0 Å². The third kappa shape index (κ3) is 9.76. The zero-order chi connectivity index (χ0) is 25.8. The number of hydrogen-bond donors (Lipinski definition) is 1. The van der Waals surface area contributed by atoms with E-state index < -0.39 is 27.2 Å². The van der Waals surface area contributed by atoms with Gasteiger partial charge in [-0.3, -0.25) is 0 Å². The van der Waals surface area contributed by atoms with Gasteiger partial charge in [0.15, 0.2) is 0 Å². The number of nitrogens with zero attached hydrogens (tertiary/aromatic N) is 2. The number of unbranched alkanes of at least 4 members (excludes halogenated alkanes) is 1. The van der Waals surface area contributed by atoms with Crippen LogP contribution in [0.25, 0.3) is 0 Å². The Balaban J connectivity index is 1.78. The van der Waals surface area contributed by atoms with E-state index >= 15 is 0 Å². The van der Waals surface area contributed by atoms with Crippen molar-refractivity contribution in [2.24, 2.45) is 0 Å². The third-order valence-corrected chi connectivity index (χ3v) is 8.34. The Labute approximate surface area is 221 Å². The molecule has 1 fully saturated rings. The van der Waals surface area contributed by atoms with Crippen LogP contribution >= 0.6 is 21.6 Å². The molecule has 0 radical (unpaired) electrons. The molecule has 0 spiro atoms. The molecule has 0 saturated carbocycles. The monoisotopic (exact) mass is 605 g/mol. The number of halogens is 1. The molecule has 1 heterocycles. The van der Waals surface area contributed by atoms with Gasteiger partial charge in [0, 0.05) is 5.69 Å². The van der Waals surface area contributed by atoms with Crippen molar-refractivity contribution < 1.29 is 22.1 Å². The molecule has 8 nitrogen and oxygen atoms in total. The van der Waals surface area contributed by atoms with Crippen molar-refractivity contribution in [1.82, 2.24) is 9.80 Å². The summed E-state index contributed by atoms with van der Waals surface area (Å²) in [5.74, 6) is 0.498. The number of aryl methyl sites for hydroxylation is 1. The van der Waals surface area contributed by atoms with Crippen molar-refractivity contribution in [3.63, 3.8) is 0 Å². The Morgan fingerprint density at radius 3 is 2.66 bits per heavy atom. The van der Waals surface area contributed by atoms with E-state index in [0.717, 1.165) is 66.9 Å². The molecule has 2 rings (SSSR count). The molecule has 0 bridgehead atoms. The fourth-order valence-electron chi connectivity index (χ4n) is 4.04. The Bertz CT molecular complexity index is 820. The summed E-state index contributed by atoms with van der Waals surface area (Å²) in [6.45, 7) is 14.6. The number of carbonyl (C=O) groups excluding carboxylic acids is 2. The molecule has 1 atom stereocenters. The van der Waals surface area contributed by atoms with Gasteiger partial charge < -0.3 is 10.1 Å². The summed E-state index contributed by atoms with van der Waals surface area (Å²) in [6, 6.07) is 6.24. The van der Waals surface area contributed by atoms with Crippen LogP contribution in [0.1, 0.15) is 53.0 Å². The second kappa shape index (κ2) is 14.8. The molecule has 1 saturated heterocycles. The first-order valence-electron chi connectivity index (χ1n) is 12.6. The normalized spacial score (nSPS) is 17.3. The fourth-order valence-corrected chi connectivity index (χ4v) is 5.96. The maximum atomic E-state index is 12.1. The van der Waals surface area contributed by atoms with E-state index in [2.05, 4.69) is 35.9 Å². The first kappa shape index (κ1) is 29.6. The second-order valence-corrected chi connectivity index (χ2v) is 11.8. The van der Waals surface area contributed by atoms with Crippen molar-refractivity contribution in [3.8, 4) is 5.75 Å². The number of carbonyl (C=O) groups is 2. The van der Waals surface area contributed by atoms with Gasteiger partial charge in [-0.05, 0) is 32.4 Å². The molecular formula is C26H44IN3O5. The summed E-state index contributed by atoms with van der Waals surface area (Å²) in [5.41, 5.74) is 1.14. The molecule has 1 aliphatic rings. The number of nitrogens with one attached hydrogen (secondary N) is 1. The minimum absolute atomic E-state index is 0.0628. The van der Waals surface area contributed by atoms with E-state index in [1.165, 1.54) is 7.11 Å². The summed E-state index contributed by atoms with van der Waals surface area (Å²) in [5, 5.41) is 3.24. The average molecular weight is 606 g/mol. The van der Waals surface area contributed by atoms with Gasteiger partial charge in [-0.1, -0.05) is 6.92 Å². The van der Waals surface area contributed by atoms with Crippen LogP contribution in [-0.4, -0.2) is 84.2 Å². The number of benzene rings is 1. The molecule has 0 aliphatic carbocycles.